The summed E-state index contributed by atoms with van der Waals surface area (Å²) in [6.45, 7) is 1.63. The number of rotatable bonds is 7. The van der Waals surface area contributed by atoms with Gasteiger partial charge in [-0.25, -0.2) is 13.2 Å². The number of sulfonamides is 1. The summed E-state index contributed by atoms with van der Waals surface area (Å²) in [6.07, 6.45) is 0. The number of methoxy groups -OCH3 is 2. The Morgan fingerprint density at radius 3 is 2.19 bits per heavy atom. The molecule has 0 bridgehead atoms. The van der Waals surface area contributed by atoms with Gasteiger partial charge in [-0.15, -0.1) is 0 Å². The SMILES string of the molecule is COC(=O)c1ccc(C)c(S(=O)(=O)Nc2ccc(C(=O)Nc3ccccc3OC)cc2)c1. The van der Waals surface area contributed by atoms with Gasteiger partial charge in [-0.1, -0.05) is 18.2 Å². The first-order valence-corrected chi connectivity index (χ1v) is 11.0. The number of carbonyl (C=O) groups excluding carboxylic acids is 2. The van der Waals surface area contributed by atoms with Crippen LogP contribution in [0.15, 0.2) is 71.6 Å². The van der Waals surface area contributed by atoms with Crippen LogP contribution in [0, 0.1) is 6.92 Å². The van der Waals surface area contributed by atoms with Gasteiger partial charge in [-0.3, -0.25) is 9.52 Å². The maximum absolute atomic E-state index is 12.9. The van der Waals surface area contributed by atoms with Crippen LogP contribution in [0.4, 0.5) is 11.4 Å². The fourth-order valence-corrected chi connectivity index (χ4v) is 4.31. The third-order valence-electron chi connectivity index (χ3n) is 4.65. The topological polar surface area (TPSA) is 111 Å². The van der Waals surface area contributed by atoms with E-state index in [1.165, 1.54) is 56.7 Å². The molecule has 0 saturated heterocycles. The van der Waals surface area contributed by atoms with E-state index in [2.05, 4.69) is 14.8 Å². The molecule has 0 heterocycles. The largest absolute Gasteiger partial charge is 0.495 e. The number of nitrogens with one attached hydrogen (secondary N) is 2. The molecule has 0 fully saturated rings. The van der Waals surface area contributed by atoms with Gasteiger partial charge in [0, 0.05) is 11.3 Å². The summed E-state index contributed by atoms with van der Waals surface area (Å²) < 4.78 is 38.1. The monoisotopic (exact) mass is 454 g/mol. The number of anilines is 2. The van der Waals surface area contributed by atoms with E-state index in [4.69, 9.17) is 4.74 Å². The highest BCUT2D eigenvalue weighted by Crippen LogP contribution is 2.25. The van der Waals surface area contributed by atoms with Crippen molar-refractivity contribution in [3.8, 4) is 5.75 Å². The molecule has 0 radical (unpaired) electrons. The number of hydrogen-bond donors (Lipinski definition) is 2. The van der Waals surface area contributed by atoms with Crippen molar-refractivity contribution in [3.63, 3.8) is 0 Å². The normalized spacial score (nSPS) is 10.8. The minimum Gasteiger partial charge on any atom is -0.495 e. The zero-order chi connectivity index (χ0) is 23.3. The second-order valence-corrected chi connectivity index (χ2v) is 8.46. The minimum absolute atomic E-state index is 0.0432. The van der Waals surface area contributed by atoms with Gasteiger partial charge in [0.05, 0.1) is 30.4 Å². The Labute approximate surface area is 186 Å². The quantitative estimate of drug-likeness (QED) is 0.525. The Balaban J connectivity index is 1.78. The molecule has 32 heavy (non-hydrogen) atoms. The number of ether oxygens (including phenoxy) is 2. The number of amides is 1. The summed E-state index contributed by atoms with van der Waals surface area (Å²) in [4.78, 5) is 24.2. The number of hydrogen-bond acceptors (Lipinski definition) is 6. The Kier molecular flexibility index (Phi) is 6.79. The lowest BCUT2D eigenvalue weighted by molar-refractivity contribution is 0.0600. The number of carbonyl (C=O) groups is 2. The summed E-state index contributed by atoms with van der Waals surface area (Å²) in [5.74, 6) is -0.479. The lowest BCUT2D eigenvalue weighted by Gasteiger charge is -2.12. The van der Waals surface area contributed by atoms with Crippen molar-refractivity contribution in [2.24, 2.45) is 0 Å². The highest BCUT2D eigenvalue weighted by molar-refractivity contribution is 7.92. The van der Waals surface area contributed by atoms with E-state index in [-0.39, 0.29) is 22.1 Å². The van der Waals surface area contributed by atoms with Crippen LogP contribution < -0.4 is 14.8 Å². The molecule has 0 aliphatic rings. The minimum atomic E-state index is -3.97. The number of aryl methyl sites for hydroxylation is 1. The molecule has 0 spiro atoms. The van der Waals surface area contributed by atoms with Gasteiger partial charge in [0.2, 0.25) is 0 Å². The van der Waals surface area contributed by atoms with Crippen LogP contribution in [0.2, 0.25) is 0 Å². The smallest absolute Gasteiger partial charge is 0.337 e. The van der Waals surface area contributed by atoms with Crippen LogP contribution in [0.25, 0.3) is 0 Å². The predicted octanol–water partition coefficient (Wildman–Crippen LogP) is 3.84. The first kappa shape index (κ1) is 22.8. The molecular formula is C23H22N2O6S. The second kappa shape index (κ2) is 9.52. The lowest BCUT2D eigenvalue weighted by Crippen LogP contribution is -2.16. The van der Waals surface area contributed by atoms with E-state index in [1.807, 2.05) is 0 Å². The van der Waals surface area contributed by atoms with E-state index < -0.39 is 16.0 Å². The Bertz CT molecular complexity index is 1250. The molecule has 8 nitrogen and oxygen atoms in total. The average Bonchev–Trinajstić information content (AvgIpc) is 2.79. The van der Waals surface area contributed by atoms with Crippen molar-refractivity contribution >= 4 is 33.3 Å². The van der Waals surface area contributed by atoms with Gasteiger partial charge < -0.3 is 14.8 Å². The highest BCUT2D eigenvalue weighted by Gasteiger charge is 2.20. The van der Waals surface area contributed by atoms with Crippen molar-refractivity contribution in [3.05, 3.63) is 83.4 Å². The third kappa shape index (κ3) is 5.06. The van der Waals surface area contributed by atoms with Crippen LogP contribution in [0.3, 0.4) is 0 Å². The standard InChI is InChI=1S/C23H22N2O6S/c1-15-8-9-17(23(27)31-3)14-21(15)32(28,29)25-18-12-10-16(11-13-18)22(26)24-19-6-4-5-7-20(19)30-2/h4-14,25H,1-3H3,(H,24,26). The summed E-state index contributed by atoms with van der Waals surface area (Å²) in [7, 11) is -1.24. The molecule has 0 aromatic heterocycles. The van der Waals surface area contributed by atoms with Gasteiger partial charge in [-0.2, -0.15) is 0 Å². The fraction of sp³-hybridized carbons (Fsp3) is 0.130. The molecule has 3 aromatic rings. The van der Waals surface area contributed by atoms with Crippen LogP contribution in [0.1, 0.15) is 26.3 Å². The molecule has 3 rings (SSSR count). The van der Waals surface area contributed by atoms with Gasteiger partial charge in [-0.05, 0) is 61.0 Å². The van der Waals surface area contributed by atoms with Gasteiger partial charge in [0.25, 0.3) is 15.9 Å². The molecule has 3 aromatic carbocycles. The molecule has 0 unspecified atom stereocenters. The first-order chi connectivity index (χ1) is 15.2. The lowest BCUT2D eigenvalue weighted by atomic mass is 10.1. The molecule has 1 amide bonds. The van der Waals surface area contributed by atoms with Crippen molar-refractivity contribution < 1.29 is 27.5 Å². The van der Waals surface area contributed by atoms with Gasteiger partial charge >= 0.3 is 5.97 Å². The summed E-state index contributed by atoms with van der Waals surface area (Å²) in [5, 5.41) is 2.75. The number of benzene rings is 3. The van der Waals surface area contributed by atoms with Crippen molar-refractivity contribution in [1.29, 1.82) is 0 Å². The second-order valence-electron chi connectivity index (χ2n) is 6.81. The molecule has 0 aliphatic carbocycles. The summed E-state index contributed by atoms with van der Waals surface area (Å²) in [5.41, 5.74) is 1.72. The van der Waals surface area contributed by atoms with E-state index in [0.29, 0.717) is 22.6 Å². The van der Waals surface area contributed by atoms with Gasteiger partial charge in [0.1, 0.15) is 5.75 Å². The van der Waals surface area contributed by atoms with E-state index in [0.717, 1.165) is 0 Å². The van der Waals surface area contributed by atoms with E-state index in [1.54, 1.807) is 31.2 Å². The molecular weight excluding hydrogens is 432 g/mol. The van der Waals surface area contributed by atoms with Crippen molar-refractivity contribution in [2.75, 3.05) is 24.3 Å². The van der Waals surface area contributed by atoms with E-state index >= 15 is 0 Å². The van der Waals surface area contributed by atoms with Crippen LogP contribution >= 0.6 is 0 Å². The Hall–Kier alpha value is -3.85. The summed E-state index contributed by atoms with van der Waals surface area (Å²) >= 11 is 0. The molecule has 0 saturated carbocycles. The zero-order valence-corrected chi connectivity index (χ0v) is 18.5. The third-order valence-corrected chi connectivity index (χ3v) is 6.18. The maximum atomic E-state index is 12.9. The van der Waals surface area contributed by atoms with Crippen LogP contribution in [-0.2, 0) is 14.8 Å². The predicted molar refractivity (Wildman–Crippen MR) is 121 cm³/mol. The number of esters is 1. The first-order valence-electron chi connectivity index (χ1n) is 9.51. The number of para-hydroxylation sites is 2. The van der Waals surface area contributed by atoms with E-state index in [9.17, 15) is 18.0 Å². The highest BCUT2D eigenvalue weighted by atomic mass is 32.2. The van der Waals surface area contributed by atoms with Gasteiger partial charge in [0.15, 0.2) is 0 Å². The molecule has 0 aliphatic heterocycles. The van der Waals surface area contributed by atoms with Crippen LogP contribution in [-0.4, -0.2) is 34.5 Å². The zero-order valence-electron chi connectivity index (χ0n) is 17.7. The molecule has 2 N–H and O–H groups in total. The molecule has 0 atom stereocenters. The molecule has 9 heteroatoms. The fourth-order valence-electron chi connectivity index (χ4n) is 2.98. The van der Waals surface area contributed by atoms with Crippen LogP contribution in [0.5, 0.6) is 5.75 Å². The summed E-state index contributed by atoms with van der Waals surface area (Å²) in [6, 6.07) is 17.3. The maximum Gasteiger partial charge on any atom is 0.337 e. The Morgan fingerprint density at radius 2 is 1.53 bits per heavy atom. The molecule has 166 valence electrons. The average molecular weight is 455 g/mol. The van der Waals surface area contributed by atoms with Crippen molar-refractivity contribution in [1.82, 2.24) is 0 Å². The van der Waals surface area contributed by atoms with Crippen molar-refractivity contribution in [2.45, 2.75) is 11.8 Å². The Morgan fingerprint density at radius 1 is 0.875 bits per heavy atom.